The molecule has 16 nitrogen and oxygen atoms in total. The van der Waals surface area contributed by atoms with E-state index in [1.807, 2.05) is 13.0 Å². The molecule has 2 aromatic carbocycles. The monoisotopic (exact) mass is 758 g/mol. The molecule has 0 aromatic heterocycles. The molecule has 18 heteroatoms. The van der Waals surface area contributed by atoms with Crippen molar-refractivity contribution in [1.82, 2.24) is 15.5 Å². The average Bonchev–Trinajstić information content (AvgIpc) is 3.09. The van der Waals surface area contributed by atoms with E-state index < -0.39 is 53.6 Å². The second-order valence-electron chi connectivity index (χ2n) is 12.1. The first-order valence-corrected chi connectivity index (χ1v) is 18.2. The molecule has 5 atom stereocenters. The number of amides is 4. The van der Waals surface area contributed by atoms with Gasteiger partial charge >= 0.3 is 29.6 Å². The predicted octanol–water partition coefficient (Wildman–Crippen LogP) is -1.55. The number of unbranched alkanes of at least 4 members (excludes halogenated alkanes) is 3. The number of hydrogen-bond acceptors (Lipinski definition) is 12. The zero-order valence-electron chi connectivity index (χ0n) is 29.7. The Bertz CT molecular complexity index is 1530. The smallest absolute Gasteiger partial charge is 0.726 e. The van der Waals surface area contributed by atoms with Gasteiger partial charge in [-0.05, 0) is 62.1 Å². The minimum atomic E-state index is -5.12. The fourth-order valence-corrected chi connectivity index (χ4v) is 5.57. The van der Waals surface area contributed by atoms with Gasteiger partial charge in [0.15, 0.2) is 0 Å². The maximum atomic E-state index is 12.9. The first-order chi connectivity index (χ1) is 24.3. The molecular weight excluding hydrogens is 711 g/mol. The summed E-state index contributed by atoms with van der Waals surface area (Å²) in [5, 5.41) is 29.0. The van der Waals surface area contributed by atoms with Crippen molar-refractivity contribution in [2.75, 3.05) is 31.6 Å². The summed E-state index contributed by atoms with van der Waals surface area (Å²) in [6.45, 7) is 3.50. The third-order valence-electron chi connectivity index (χ3n) is 7.97. The van der Waals surface area contributed by atoms with Crippen LogP contribution in [0, 0.1) is 0 Å². The van der Waals surface area contributed by atoms with E-state index in [2.05, 4.69) is 20.1 Å². The fourth-order valence-electron chi connectivity index (χ4n) is 5.26. The number of hydrogen-bond donors (Lipinski definition) is 5. The SMILES string of the molecule is CCCCC(=O)N(CCCCCNC(=O)c1ccccc1)CCC(=O)Nc1ccc(O[C@@H]2O[C@H](COS(=O)(=O)[O-])[C@H](O)[C@H](O)[C@H]2NC(C)=O)cc1.[Na+]. The Labute approximate surface area is 326 Å². The van der Waals surface area contributed by atoms with Gasteiger partial charge < -0.3 is 45.1 Å². The first kappa shape index (κ1) is 45.0. The van der Waals surface area contributed by atoms with Gasteiger partial charge in [-0.1, -0.05) is 31.5 Å². The van der Waals surface area contributed by atoms with E-state index in [1.165, 1.54) is 31.2 Å². The molecule has 1 heterocycles. The van der Waals surface area contributed by atoms with Crippen LogP contribution in [0.3, 0.4) is 0 Å². The normalized spacial score (nSPS) is 19.8. The van der Waals surface area contributed by atoms with Gasteiger partial charge in [-0.3, -0.25) is 23.4 Å². The molecule has 5 N–H and O–H groups in total. The van der Waals surface area contributed by atoms with Crippen LogP contribution in [-0.2, 0) is 33.7 Å². The van der Waals surface area contributed by atoms with Crippen LogP contribution in [-0.4, -0.2) is 109 Å². The minimum Gasteiger partial charge on any atom is -0.726 e. The maximum Gasteiger partial charge on any atom is 1.00 e. The Hall–Kier alpha value is -3.13. The molecule has 0 aliphatic carbocycles. The van der Waals surface area contributed by atoms with Crippen LogP contribution in [0.25, 0.3) is 0 Å². The Morgan fingerprint density at radius 2 is 1.62 bits per heavy atom. The van der Waals surface area contributed by atoms with Gasteiger partial charge in [0.1, 0.15) is 30.1 Å². The standard InChI is InChI=1S/C34H48N4O12S.Na/c1-3-4-13-29(41)38(20-10-6-9-19-35-33(44)24-11-7-5-8-12-24)21-18-28(40)37-25-14-16-26(17-15-25)49-34-30(36-23(2)39)32(43)31(42)27(50-34)22-48-51(45,46)47;/h5,7-8,11-12,14-17,27,30-32,34,42-43H,3-4,6,9-10,13,18-22H2,1-2H3,(H,35,44)(H,36,39)(H,37,40)(H,45,46,47);/q;+1/p-1/t27-,30-,31+,32-,34-;/m1./s1. The number of anilines is 1. The van der Waals surface area contributed by atoms with Crippen LogP contribution in [0.2, 0.25) is 0 Å². The van der Waals surface area contributed by atoms with E-state index in [4.69, 9.17) is 9.47 Å². The van der Waals surface area contributed by atoms with Crippen LogP contribution >= 0.6 is 0 Å². The molecule has 4 amide bonds. The zero-order valence-corrected chi connectivity index (χ0v) is 32.5. The number of nitrogens with zero attached hydrogens (tertiary/aromatic N) is 1. The van der Waals surface area contributed by atoms with Gasteiger partial charge in [0, 0.05) is 50.7 Å². The molecule has 1 saturated heterocycles. The van der Waals surface area contributed by atoms with Crippen LogP contribution in [0.4, 0.5) is 5.69 Å². The number of nitrogens with one attached hydrogen (secondary N) is 3. The Morgan fingerprint density at radius 1 is 0.923 bits per heavy atom. The first-order valence-electron chi connectivity index (χ1n) is 16.8. The summed E-state index contributed by atoms with van der Waals surface area (Å²) in [5.74, 6) is -0.885. The fraction of sp³-hybridized carbons (Fsp3) is 0.529. The van der Waals surface area contributed by atoms with E-state index in [1.54, 1.807) is 29.2 Å². The maximum absolute atomic E-state index is 12.9. The summed E-state index contributed by atoms with van der Waals surface area (Å²) in [7, 11) is -5.12. The van der Waals surface area contributed by atoms with Crippen molar-refractivity contribution >= 4 is 39.7 Å². The Balaban J connectivity index is 0.00000936. The second-order valence-corrected chi connectivity index (χ2v) is 13.1. The average molecular weight is 759 g/mol. The number of ether oxygens (including phenoxy) is 2. The van der Waals surface area contributed by atoms with E-state index in [9.17, 15) is 42.4 Å². The zero-order chi connectivity index (χ0) is 37.4. The van der Waals surface area contributed by atoms with Crippen LogP contribution in [0.5, 0.6) is 5.75 Å². The molecule has 0 saturated carbocycles. The number of rotatable bonds is 20. The molecule has 1 aliphatic rings. The third-order valence-corrected chi connectivity index (χ3v) is 8.39. The van der Waals surface area contributed by atoms with Crippen molar-refractivity contribution in [3.8, 4) is 5.75 Å². The van der Waals surface area contributed by atoms with Crippen molar-refractivity contribution in [2.24, 2.45) is 0 Å². The summed E-state index contributed by atoms with van der Waals surface area (Å²) in [5.41, 5.74) is 1.01. The molecule has 0 spiro atoms. The summed E-state index contributed by atoms with van der Waals surface area (Å²) >= 11 is 0. The van der Waals surface area contributed by atoms with E-state index in [-0.39, 0.29) is 66.0 Å². The summed E-state index contributed by atoms with van der Waals surface area (Å²) < 4.78 is 48.2. The molecule has 1 aliphatic heterocycles. The molecule has 0 bridgehead atoms. The van der Waals surface area contributed by atoms with Crippen molar-refractivity contribution < 1.29 is 85.6 Å². The number of aliphatic hydroxyl groups is 2. The van der Waals surface area contributed by atoms with Crippen LogP contribution in [0.15, 0.2) is 54.6 Å². The number of aliphatic hydroxyl groups excluding tert-OH is 2. The summed E-state index contributed by atoms with van der Waals surface area (Å²) in [6.07, 6.45) is -1.99. The molecule has 1 fully saturated rings. The van der Waals surface area contributed by atoms with Crippen molar-refractivity contribution in [2.45, 2.75) is 89.4 Å². The summed E-state index contributed by atoms with van der Waals surface area (Å²) in [6, 6.07) is 13.7. The van der Waals surface area contributed by atoms with Gasteiger partial charge in [-0.2, -0.15) is 0 Å². The topological polar surface area (TPSA) is 233 Å². The van der Waals surface area contributed by atoms with E-state index in [0.717, 1.165) is 32.1 Å². The van der Waals surface area contributed by atoms with Gasteiger partial charge in [0.05, 0.1) is 6.61 Å². The van der Waals surface area contributed by atoms with Crippen molar-refractivity contribution in [3.63, 3.8) is 0 Å². The van der Waals surface area contributed by atoms with E-state index in [0.29, 0.717) is 30.8 Å². The van der Waals surface area contributed by atoms with Crippen LogP contribution in [0.1, 0.15) is 69.2 Å². The van der Waals surface area contributed by atoms with Crippen molar-refractivity contribution in [1.29, 1.82) is 0 Å². The second kappa shape index (κ2) is 22.8. The van der Waals surface area contributed by atoms with E-state index >= 15 is 0 Å². The van der Waals surface area contributed by atoms with Gasteiger partial charge in [-0.25, -0.2) is 8.42 Å². The van der Waals surface area contributed by atoms with Gasteiger partial charge in [-0.15, -0.1) is 0 Å². The number of carbonyl (C=O) groups excluding carboxylic acids is 4. The Morgan fingerprint density at radius 3 is 2.25 bits per heavy atom. The number of benzene rings is 2. The molecule has 0 radical (unpaired) electrons. The summed E-state index contributed by atoms with van der Waals surface area (Å²) in [4.78, 5) is 51.3. The third kappa shape index (κ3) is 15.9. The minimum absolute atomic E-state index is 0. The molecular formula is C34H47N4NaO12S. The largest absolute Gasteiger partial charge is 1.00 e. The number of carbonyl (C=O) groups is 4. The quantitative estimate of drug-likeness (QED) is 0.0447. The van der Waals surface area contributed by atoms with Gasteiger partial charge in [0.25, 0.3) is 5.91 Å². The van der Waals surface area contributed by atoms with Gasteiger partial charge in [0.2, 0.25) is 34.4 Å². The molecule has 2 aromatic rings. The molecule has 3 rings (SSSR count). The Kier molecular flexibility index (Phi) is 19.8. The van der Waals surface area contributed by atoms with Crippen molar-refractivity contribution in [3.05, 3.63) is 60.2 Å². The molecule has 52 heavy (non-hydrogen) atoms. The predicted molar refractivity (Wildman–Crippen MR) is 183 cm³/mol. The molecule has 282 valence electrons. The van der Waals surface area contributed by atoms with Crippen LogP contribution < -0.4 is 50.2 Å². The molecule has 0 unspecified atom stereocenters.